The number of ether oxygens (including phenoxy) is 1. The fraction of sp³-hybridized carbons (Fsp3) is 0.200. The second kappa shape index (κ2) is 7.02. The highest BCUT2D eigenvalue weighted by Crippen LogP contribution is 2.31. The molecule has 2 aromatic carbocycles. The first-order valence-corrected chi connectivity index (χ1v) is 7.88. The fourth-order valence-corrected chi connectivity index (χ4v) is 3.06. The number of aliphatic hydroxyl groups excluding tert-OH is 1. The van der Waals surface area contributed by atoms with Crippen molar-refractivity contribution in [2.24, 2.45) is 0 Å². The number of anilines is 1. The van der Waals surface area contributed by atoms with E-state index in [1.54, 1.807) is 7.11 Å². The van der Waals surface area contributed by atoms with Crippen LogP contribution in [0.3, 0.4) is 0 Å². The molecule has 0 amide bonds. The Morgan fingerprint density at radius 3 is 2.80 bits per heavy atom. The van der Waals surface area contributed by atoms with Crippen LogP contribution in [-0.2, 0) is 0 Å². The number of thioether (sulfide) groups is 1. The van der Waals surface area contributed by atoms with Crippen molar-refractivity contribution >= 4 is 33.4 Å². The van der Waals surface area contributed by atoms with Crippen LogP contribution in [0.25, 0.3) is 0 Å². The zero-order valence-electron chi connectivity index (χ0n) is 11.0. The molecule has 5 heteroatoms. The van der Waals surface area contributed by atoms with Crippen molar-refractivity contribution < 1.29 is 9.84 Å². The maximum atomic E-state index is 10.2. The summed E-state index contributed by atoms with van der Waals surface area (Å²) >= 11 is 4.91. The molecule has 2 aromatic rings. The summed E-state index contributed by atoms with van der Waals surface area (Å²) in [6.07, 6.45) is -0.557. The number of hydrogen-bond donors (Lipinski definition) is 2. The Labute approximate surface area is 131 Å². The lowest BCUT2D eigenvalue weighted by atomic mass is 10.1. The smallest absolute Gasteiger partial charge is 0.119 e. The normalized spacial score (nSPS) is 12.2. The first-order valence-electron chi connectivity index (χ1n) is 6.10. The van der Waals surface area contributed by atoms with Gasteiger partial charge in [0.1, 0.15) is 5.75 Å². The molecule has 3 nitrogen and oxygen atoms in total. The van der Waals surface area contributed by atoms with Crippen molar-refractivity contribution in [3.05, 3.63) is 52.5 Å². The van der Waals surface area contributed by atoms with Gasteiger partial charge in [0, 0.05) is 20.8 Å². The highest BCUT2D eigenvalue weighted by atomic mass is 79.9. The standard InChI is InChI=1S/C15H16BrNO2S/c1-19-12-4-2-3-10(7-12)14(18)9-20-15-6-5-11(16)8-13(15)17/h2-8,14,18H,9,17H2,1H3. The number of rotatable bonds is 5. The Kier molecular flexibility index (Phi) is 5.34. The maximum Gasteiger partial charge on any atom is 0.119 e. The number of hydrogen-bond acceptors (Lipinski definition) is 4. The third-order valence-electron chi connectivity index (χ3n) is 2.85. The Morgan fingerprint density at radius 2 is 2.10 bits per heavy atom. The van der Waals surface area contributed by atoms with E-state index in [2.05, 4.69) is 15.9 Å². The van der Waals surface area contributed by atoms with Gasteiger partial charge in [-0.25, -0.2) is 0 Å². The van der Waals surface area contributed by atoms with Crippen LogP contribution >= 0.6 is 27.7 Å². The molecule has 0 fully saturated rings. The summed E-state index contributed by atoms with van der Waals surface area (Å²) in [5.41, 5.74) is 7.49. The van der Waals surface area contributed by atoms with E-state index < -0.39 is 6.10 Å². The van der Waals surface area contributed by atoms with E-state index in [-0.39, 0.29) is 0 Å². The molecular formula is C15H16BrNO2S. The fourth-order valence-electron chi connectivity index (χ4n) is 1.76. The molecule has 2 rings (SSSR count). The molecule has 20 heavy (non-hydrogen) atoms. The molecule has 0 aliphatic rings. The lowest BCUT2D eigenvalue weighted by Crippen LogP contribution is -2.01. The molecule has 0 heterocycles. The monoisotopic (exact) mass is 353 g/mol. The van der Waals surface area contributed by atoms with Gasteiger partial charge in [-0.3, -0.25) is 0 Å². The number of aliphatic hydroxyl groups is 1. The minimum Gasteiger partial charge on any atom is -0.497 e. The van der Waals surface area contributed by atoms with Gasteiger partial charge in [0.2, 0.25) is 0 Å². The van der Waals surface area contributed by atoms with Crippen LogP contribution in [-0.4, -0.2) is 18.0 Å². The van der Waals surface area contributed by atoms with Crippen molar-refractivity contribution in [2.45, 2.75) is 11.0 Å². The van der Waals surface area contributed by atoms with Crippen molar-refractivity contribution in [1.82, 2.24) is 0 Å². The van der Waals surface area contributed by atoms with E-state index in [9.17, 15) is 5.11 Å². The van der Waals surface area contributed by atoms with Crippen LogP contribution < -0.4 is 10.5 Å². The number of nitrogen functional groups attached to an aromatic ring is 1. The number of benzene rings is 2. The van der Waals surface area contributed by atoms with Gasteiger partial charge in [-0.2, -0.15) is 0 Å². The van der Waals surface area contributed by atoms with Crippen LogP contribution in [0, 0.1) is 0 Å². The van der Waals surface area contributed by atoms with Gasteiger partial charge in [-0.1, -0.05) is 28.1 Å². The Morgan fingerprint density at radius 1 is 1.30 bits per heavy atom. The van der Waals surface area contributed by atoms with Gasteiger partial charge in [0.05, 0.1) is 13.2 Å². The summed E-state index contributed by atoms with van der Waals surface area (Å²) in [6.45, 7) is 0. The molecule has 0 spiro atoms. The lowest BCUT2D eigenvalue weighted by Gasteiger charge is -2.13. The quantitative estimate of drug-likeness (QED) is 0.632. The van der Waals surface area contributed by atoms with Crippen LogP contribution in [0.4, 0.5) is 5.69 Å². The van der Waals surface area contributed by atoms with Crippen molar-refractivity contribution in [3.63, 3.8) is 0 Å². The Hall–Kier alpha value is -1.17. The second-order valence-corrected chi connectivity index (χ2v) is 6.26. The first kappa shape index (κ1) is 15.2. The molecule has 0 saturated carbocycles. The molecule has 0 saturated heterocycles. The van der Waals surface area contributed by atoms with Crippen LogP contribution in [0.1, 0.15) is 11.7 Å². The van der Waals surface area contributed by atoms with Crippen LogP contribution in [0.2, 0.25) is 0 Å². The summed E-state index contributed by atoms with van der Waals surface area (Å²) in [5, 5.41) is 10.2. The maximum absolute atomic E-state index is 10.2. The topological polar surface area (TPSA) is 55.5 Å². The first-order chi connectivity index (χ1) is 9.60. The minimum atomic E-state index is -0.557. The molecule has 3 N–H and O–H groups in total. The minimum absolute atomic E-state index is 0.541. The van der Waals surface area contributed by atoms with Gasteiger partial charge in [-0.15, -0.1) is 11.8 Å². The zero-order valence-corrected chi connectivity index (χ0v) is 13.4. The summed E-state index contributed by atoms with van der Waals surface area (Å²) in [6, 6.07) is 13.2. The molecule has 0 aliphatic carbocycles. The third kappa shape index (κ3) is 3.91. The highest BCUT2D eigenvalue weighted by Gasteiger charge is 2.10. The summed E-state index contributed by atoms with van der Waals surface area (Å²) in [5.74, 6) is 1.29. The van der Waals surface area contributed by atoms with E-state index in [0.29, 0.717) is 11.4 Å². The van der Waals surface area contributed by atoms with Crippen LogP contribution in [0.15, 0.2) is 51.8 Å². The second-order valence-electron chi connectivity index (χ2n) is 4.29. The SMILES string of the molecule is COc1cccc(C(O)CSc2ccc(Br)cc2N)c1. The zero-order chi connectivity index (χ0) is 14.5. The lowest BCUT2D eigenvalue weighted by molar-refractivity contribution is 0.203. The van der Waals surface area contributed by atoms with Gasteiger partial charge in [0.25, 0.3) is 0 Å². The highest BCUT2D eigenvalue weighted by molar-refractivity contribution is 9.10. The predicted octanol–water partition coefficient (Wildman–Crippen LogP) is 3.87. The number of halogens is 1. The molecule has 1 atom stereocenters. The van der Waals surface area contributed by atoms with Gasteiger partial charge < -0.3 is 15.6 Å². The van der Waals surface area contributed by atoms with Crippen molar-refractivity contribution in [3.8, 4) is 5.75 Å². The van der Waals surface area contributed by atoms with Gasteiger partial charge in [0.15, 0.2) is 0 Å². The van der Waals surface area contributed by atoms with Crippen molar-refractivity contribution in [2.75, 3.05) is 18.6 Å². The summed E-state index contributed by atoms with van der Waals surface area (Å²) in [7, 11) is 1.61. The van der Waals surface area contributed by atoms with Crippen LogP contribution in [0.5, 0.6) is 5.75 Å². The van der Waals surface area contributed by atoms with E-state index in [1.807, 2.05) is 42.5 Å². The molecule has 0 radical (unpaired) electrons. The summed E-state index contributed by atoms with van der Waals surface area (Å²) in [4.78, 5) is 0.968. The Bertz CT molecular complexity index is 592. The molecule has 0 aromatic heterocycles. The molecular weight excluding hydrogens is 338 g/mol. The Balaban J connectivity index is 2.02. The average molecular weight is 354 g/mol. The van der Waals surface area contributed by atoms with E-state index in [0.717, 1.165) is 20.7 Å². The van der Waals surface area contributed by atoms with Gasteiger partial charge >= 0.3 is 0 Å². The van der Waals surface area contributed by atoms with E-state index in [1.165, 1.54) is 11.8 Å². The largest absolute Gasteiger partial charge is 0.497 e. The molecule has 0 aliphatic heterocycles. The predicted molar refractivity (Wildman–Crippen MR) is 87.2 cm³/mol. The number of methoxy groups -OCH3 is 1. The molecule has 0 bridgehead atoms. The van der Waals surface area contributed by atoms with Crippen molar-refractivity contribution in [1.29, 1.82) is 0 Å². The summed E-state index contributed by atoms with van der Waals surface area (Å²) < 4.78 is 6.11. The number of nitrogens with two attached hydrogens (primary N) is 1. The third-order valence-corrected chi connectivity index (χ3v) is 4.51. The van der Waals surface area contributed by atoms with E-state index in [4.69, 9.17) is 10.5 Å². The molecule has 1 unspecified atom stereocenters. The van der Waals surface area contributed by atoms with Gasteiger partial charge in [-0.05, 0) is 35.9 Å². The molecule has 106 valence electrons. The van der Waals surface area contributed by atoms with E-state index >= 15 is 0 Å². The average Bonchev–Trinajstić information content (AvgIpc) is 2.46.